The van der Waals surface area contributed by atoms with Crippen LogP contribution >= 0.6 is 0 Å². The van der Waals surface area contributed by atoms with Gasteiger partial charge in [-0.3, -0.25) is 9.59 Å². The van der Waals surface area contributed by atoms with Gasteiger partial charge in [-0.05, 0) is 0 Å². The number of carbonyl (C=O) groups is 2. The lowest BCUT2D eigenvalue weighted by atomic mass is 9.84. The van der Waals surface area contributed by atoms with Crippen molar-refractivity contribution in [1.82, 2.24) is 0 Å². The van der Waals surface area contributed by atoms with Crippen LogP contribution in [0, 0.1) is 5.92 Å². The van der Waals surface area contributed by atoms with Gasteiger partial charge in [-0.15, -0.1) is 0 Å². The number of hydrogen-bond donors (Lipinski definition) is 0. The van der Waals surface area contributed by atoms with Crippen LogP contribution in [-0.4, -0.2) is 37.0 Å². The number of esters is 2. The first-order chi connectivity index (χ1) is 8.43. The molecule has 0 heterocycles. The Morgan fingerprint density at radius 2 is 1.83 bits per heavy atom. The Morgan fingerprint density at radius 1 is 1.22 bits per heavy atom. The van der Waals surface area contributed by atoms with Crippen LogP contribution in [0.4, 0.5) is 0 Å². The van der Waals surface area contributed by atoms with E-state index in [2.05, 4.69) is 5.16 Å². The van der Waals surface area contributed by atoms with Crippen LogP contribution in [0.5, 0.6) is 0 Å². The molecule has 0 aromatic heterocycles. The van der Waals surface area contributed by atoms with E-state index >= 15 is 0 Å². The summed E-state index contributed by atoms with van der Waals surface area (Å²) in [6, 6.07) is 0. The molecule has 1 aliphatic rings. The fraction of sp³-hybridized carbons (Fsp3) is 0.750. The zero-order valence-corrected chi connectivity index (χ0v) is 11.1. The van der Waals surface area contributed by atoms with E-state index in [-0.39, 0.29) is 30.1 Å². The van der Waals surface area contributed by atoms with Gasteiger partial charge in [0.05, 0.1) is 5.71 Å². The Hall–Kier alpha value is -1.59. The van der Waals surface area contributed by atoms with Gasteiger partial charge in [0.2, 0.25) is 0 Å². The lowest BCUT2D eigenvalue weighted by molar-refractivity contribution is -0.155. The summed E-state index contributed by atoms with van der Waals surface area (Å²) >= 11 is 0. The molecular weight excluding hydrogens is 238 g/mol. The molecule has 102 valence electrons. The monoisotopic (exact) mass is 257 g/mol. The largest absolute Gasteiger partial charge is 0.462 e. The molecule has 0 radical (unpaired) electrons. The summed E-state index contributed by atoms with van der Waals surface area (Å²) in [7, 11) is 1.45. The molecule has 1 saturated carbocycles. The van der Waals surface area contributed by atoms with E-state index < -0.39 is 0 Å². The molecule has 0 N–H and O–H groups in total. The SMILES string of the molecule is CO/N=C1/C[C@@H](OC(C)=O)C[C@H](OC(C)=O)C1C. The Balaban J connectivity index is 2.80. The van der Waals surface area contributed by atoms with Crippen molar-refractivity contribution in [3.63, 3.8) is 0 Å². The quantitative estimate of drug-likeness (QED) is 0.562. The Morgan fingerprint density at radius 3 is 2.33 bits per heavy atom. The average molecular weight is 257 g/mol. The molecule has 0 spiro atoms. The minimum atomic E-state index is -0.355. The predicted molar refractivity (Wildman–Crippen MR) is 64.0 cm³/mol. The predicted octanol–water partition coefficient (Wildman–Crippen LogP) is 1.28. The number of rotatable bonds is 3. The third-order valence-electron chi connectivity index (χ3n) is 2.87. The zero-order chi connectivity index (χ0) is 13.7. The molecule has 1 fully saturated rings. The van der Waals surface area contributed by atoms with Gasteiger partial charge >= 0.3 is 11.9 Å². The molecule has 3 atom stereocenters. The number of ether oxygens (including phenoxy) is 2. The standard InChI is InChI=1S/C12H19NO5/c1-7-11(13-16-4)5-10(17-8(2)14)6-12(7)18-9(3)15/h7,10,12H,5-6H2,1-4H3/b13-11-/t7?,10-,12+/m1/s1. The van der Waals surface area contributed by atoms with E-state index in [9.17, 15) is 9.59 Å². The highest BCUT2D eigenvalue weighted by Gasteiger charge is 2.36. The van der Waals surface area contributed by atoms with E-state index in [1.807, 2.05) is 6.92 Å². The maximum atomic E-state index is 11.0. The third kappa shape index (κ3) is 4.01. The molecule has 1 aliphatic carbocycles. The van der Waals surface area contributed by atoms with E-state index in [4.69, 9.17) is 14.3 Å². The number of nitrogens with zero attached hydrogens (tertiary/aromatic N) is 1. The van der Waals surface area contributed by atoms with Crippen molar-refractivity contribution in [2.24, 2.45) is 11.1 Å². The van der Waals surface area contributed by atoms with Gasteiger partial charge in [0.25, 0.3) is 0 Å². The summed E-state index contributed by atoms with van der Waals surface area (Å²) < 4.78 is 10.4. The minimum Gasteiger partial charge on any atom is -0.462 e. The van der Waals surface area contributed by atoms with Gasteiger partial charge in [0.15, 0.2) is 0 Å². The molecule has 0 amide bonds. The van der Waals surface area contributed by atoms with Gasteiger partial charge in [0.1, 0.15) is 19.3 Å². The molecule has 18 heavy (non-hydrogen) atoms. The Kier molecular flexibility index (Phi) is 5.12. The van der Waals surface area contributed by atoms with Crippen molar-refractivity contribution < 1.29 is 23.9 Å². The smallest absolute Gasteiger partial charge is 0.302 e. The van der Waals surface area contributed by atoms with Crippen LogP contribution < -0.4 is 0 Å². The van der Waals surface area contributed by atoms with Gasteiger partial charge < -0.3 is 14.3 Å². The molecule has 0 saturated heterocycles. The topological polar surface area (TPSA) is 74.2 Å². The van der Waals surface area contributed by atoms with Crippen LogP contribution in [0.1, 0.15) is 33.6 Å². The maximum absolute atomic E-state index is 11.0. The summed E-state index contributed by atoms with van der Waals surface area (Å²) in [5, 5.41) is 3.91. The zero-order valence-electron chi connectivity index (χ0n) is 11.1. The minimum absolute atomic E-state index is 0.0411. The van der Waals surface area contributed by atoms with Crippen LogP contribution in [-0.2, 0) is 23.9 Å². The van der Waals surface area contributed by atoms with Crippen LogP contribution in [0.25, 0.3) is 0 Å². The van der Waals surface area contributed by atoms with Crippen LogP contribution in [0.2, 0.25) is 0 Å². The molecule has 0 bridgehead atoms. The fourth-order valence-electron chi connectivity index (χ4n) is 2.11. The first kappa shape index (κ1) is 14.5. The maximum Gasteiger partial charge on any atom is 0.302 e. The highest BCUT2D eigenvalue weighted by molar-refractivity contribution is 5.88. The molecular formula is C12H19NO5. The highest BCUT2D eigenvalue weighted by atomic mass is 16.6. The molecule has 0 aromatic carbocycles. The first-order valence-corrected chi connectivity index (χ1v) is 5.88. The summed E-state index contributed by atoms with van der Waals surface area (Å²) in [5.74, 6) is -0.749. The lowest BCUT2D eigenvalue weighted by Gasteiger charge is -2.33. The Bertz CT molecular complexity index is 352. The van der Waals surface area contributed by atoms with Crippen molar-refractivity contribution in [1.29, 1.82) is 0 Å². The van der Waals surface area contributed by atoms with Crippen LogP contribution in [0.15, 0.2) is 5.16 Å². The summed E-state index contributed by atoms with van der Waals surface area (Å²) in [6.45, 7) is 4.62. The van der Waals surface area contributed by atoms with Crippen LogP contribution in [0.3, 0.4) is 0 Å². The number of hydrogen-bond acceptors (Lipinski definition) is 6. The molecule has 0 aromatic rings. The number of carbonyl (C=O) groups excluding carboxylic acids is 2. The lowest BCUT2D eigenvalue weighted by Crippen LogP contribution is -2.41. The summed E-state index contributed by atoms with van der Waals surface area (Å²) in [4.78, 5) is 26.8. The second-order valence-electron chi connectivity index (χ2n) is 4.37. The fourth-order valence-corrected chi connectivity index (χ4v) is 2.11. The molecule has 1 rings (SSSR count). The first-order valence-electron chi connectivity index (χ1n) is 5.88. The normalized spacial score (nSPS) is 29.8. The molecule has 6 nitrogen and oxygen atoms in total. The van der Waals surface area contributed by atoms with Crippen molar-refractivity contribution in [3.8, 4) is 0 Å². The van der Waals surface area contributed by atoms with Gasteiger partial charge in [-0.1, -0.05) is 12.1 Å². The van der Waals surface area contributed by atoms with Gasteiger partial charge in [-0.2, -0.15) is 0 Å². The number of oxime groups is 1. The average Bonchev–Trinajstić information content (AvgIpc) is 2.23. The Labute approximate surface area is 106 Å². The van der Waals surface area contributed by atoms with E-state index in [0.717, 1.165) is 5.71 Å². The summed E-state index contributed by atoms with van der Waals surface area (Å²) in [5.41, 5.74) is 0.737. The molecule has 0 aliphatic heterocycles. The van der Waals surface area contributed by atoms with Crippen molar-refractivity contribution in [3.05, 3.63) is 0 Å². The second kappa shape index (κ2) is 6.37. The van der Waals surface area contributed by atoms with E-state index in [1.165, 1.54) is 21.0 Å². The van der Waals surface area contributed by atoms with Crippen molar-refractivity contribution in [2.75, 3.05) is 7.11 Å². The summed E-state index contributed by atoms with van der Waals surface area (Å²) in [6.07, 6.45) is 0.335. The third-order valence-corrected chi connectivity index (χ3v) is 2.87. The van der Waals surface area contributed by atoms with Crippen molar-refractivity contribution in [2.45, 2.75) is 45.8 Å². The molecule has 6 heteroatoms. The highest BCUT2D eigenvalue weighted by Crippen LogP contribution is 2.27. The molecule has 1 unspecified atom stereocenters. The van der Waals surface area contributed by atoms with E-state index in [0.29, 0.717) is 12.8 Å². The van der Waals surface area contributed by atoms with Crippen molar-refractivity contribution >= 4 is 17.7 Å². The van der Waals surface area contributed by atoms with Gasteiger partial charge in [0, 0.05) is 32.6 Å². The second-order valence-corrected chi connectivity index (χ2v) is 4.37. The van der Waals surface area contributed by atoms with Gasteiger partial charge in [-0.25, -0.2) is 0 Å². The van der Waals surface area contributed by atoms with E-state index in [1.54, 1.807) is 0 Å².